The molecule has 0 heterocycles. The smallest absolute Gasteiger partial charge is 0.381 e. The first kappa shape index (κ1) is 12.8. The first-order valence-corrected chi connectivity index (χ1v) is 5.73. The Labute approximate surface area is 90.6 Å². The van der Waals surface area contributed by atoms with Gasteiger partial charge in [0.1, 0.15) is 5.76 Å². The van der Waals surface area contributed by atoms with Gasteiger partial charge in [-0.05, 0) is 6.08 Å². The van der Waals surface area contributed by atoms with Gasteiger partial charge < -0.3 is 9.03 Å². The Bertz CT molecular complexity index is 432. The van der Waals surface area contributed by atoms with Crippen LogP contribution >= 0.6 is 0 Å². The third-order valence-electron chi connectivity index (χ3n) is 2.02. The van der Waals surface area contributed by atoms with Crippen LogP contribution < -0.4 is 0 Å². The van der Waals surface area contributed by atoms with E-state index in [1.807, 2.05) is 0 Å². The molecular formula is C8H8F3NO3S. The summed E-state index contributed by atoms with van der Waals surface area (Å²) in [6, 6.07) is -0.305. The Morgan fingerprint density at radius 2 is 2.12 bits per heavy atom. The predicted octanol–water partition coefficient (Wildman–Crippen LogP) is 2.21. The predicted molar refractivity (Wildman–Crippen MR) is 48.4 cm³/mol. The van der Waals surface area contributed by atoms with Gasteiger partial charge in [0.2, 0.25) is 6.04 Å². The summed E-state index contributed by atoms with van der Waals surface area (Å²) in [4.78, 5) is 3.21. The fourth-order valence-corrected chi connectivity index (χ4v) is 1.71. The van der Waals surface area contributed by atoms with E-state index in [2.05, 4.69) is 9.03 Å². The molecule has 4 nitrogen and oxygen atoms in total. The molecule has 0 aromatic carbocycles. The summed E-state index contributed by atoms with van der Waals surface area (Å²) in [5.41, 5.74) is -5.41. The topological polar surface area (TPSA) is 47.7 Å². The monoisotopic (exact) mass is 255 g/mol. The van der Waals surface area contributed by atoms with Gasteiger partial charge in [-0.1, -0.05) is 0 Å². The van der Waals surface area contributed by atoms with Crippen molar-refractivity contribution in [2.24, 2.45) is 0 Å². The van der Waals surface area contributed by atoms with Crippen molar-refractivity contribution in [1.29, 1.82) is 0 Å². The number of nitrogens with zero attached hydrogens (tertiary/aromatic N) is 1. The second-order valence-electron chi connectivity index (χ2n) is 3.21. The molecule has 16 heavy (non-hydrogen) atoms. The molecule has 0 saturated carbocycles. The molecule has 0 aromatic rings. The molecule has 0 amide bonds. The lowest BCUT2D eigenvalue weighted by atomic mass is 10.0. The Balaban J connectivity index is 2.72. The highest BCUT2D eigenvalue weighted by atomic mass is 32.2. The SMILES string of the molecule is [C-]#[N+]C1CC=C(OS(=O)(=O)C(F)(F)F)CC1. The lowest BCUT2D eigenvalue weighted by molar-refractivity contribution is -0.0524. The van der Waals surface area contributed by atoms with Crippen LogP contribution in [-0.2, 0) is 14.3 Å². The molecule has 1 aliphatic carbocycles. The number of halogens is 3. The van der Waals surface area contributed by atoms with Crippen molar-refractivity contribution in [3.63, 3.8) is 0 Å². The molecule has 0 fully saturated rings. The average Bonchev–Trinajstić information content (AvgIpc) is 2.16. The standard InChI is InChI=1S/C8H8F3NO3S/c1-12-6-2-4-7(5-3-6)15-16(13,14)8(9,10)11/h4,6H,2-3,5H2. The van der Waals surface area contributed by atoms with Gasteiger partial charge in [0.25, 0.3) is 0 Å². The van der Waals surface area contributed by atoms with Gasteiger partial charge in [-0.15, -0.1) is 0 Å². The molecule has 0 aromatic heterocycles. The maximum absolute atomic E-state index is 11.9. The summed E-state index contributed by atoms with van der Waals surface area (Å²) >= 11 is 0. The zero-order valence-electron chi connectivity index (χ0n) is 7.99. The zero-order chi connectivity index (χ0) is 12.4. The van der Waals surface area contributed by atoms with E-state index in [0.29, 0.717) is 6.42 Å². The summed E-state index contributed by atoms with van der Waals surface area (Å²) in [7, 11) is -5.57. The maximum atomic E-state index is 11.9. The first-order valence-electron chi connectivity index (χ1n) is 4.32. The second-order valence-corrected chi connectivity index (χ2v) is 4.75. The molecule has 0 radical (unpaired) electrons. The van der Waals surface area contributed by atoms with Crippen molar-refractivity contribution in [1.82, 2.24) is 0 Å². The van der Waals surface area contributed by atoms with Crippen LogP contribution in [-0.4, -0.2) is 20.0 Å². The molecule has 1 unspecified atom stereocenters. The second kappa shape index (κ2) is 4.33. The van der Waals surface area contributed by atoms with Crippen LogP contribution in [0.5, 0.6) is 0 Å². The molecule has 1 aliphatic rings. The van der Waals surface area contributed by atoms with Crippen molar-refractivity contribution >= 4 is 10.1 Å². The summed E-state index contributed by atoms with van der Waals surface area (Å²) in [6.07, 6.45) is 1.77. The molecule has 0 bridgehead atoms. The van der Waals surface area contributed by atoms with E-state index in [1.54, 1.807) is 0 Å². The Kier molecular flexibility index (Phi) is 3.48. The van der Waals surface area contributed by atoms with Gasteiger partial charge in [-0.2, -0.15) is 21.6 Å². The van der Waals surface area contributed by atoms with Crippen molar-refractivity contribution < 1.29 is 25.8 Å². The van der Waals surface area contributed by atoms with E-state index in [1.165, 1.54) is 6.08 Å². The highest BCUT2D eigenvalue weighted by Crippen LogP contribution is 2.30. The Morgan fingerprint density at radius 1 is 1.50 bits per heavy atom. The number of rotatable bonds is 2. The minimum Gasteiger partial charge on any atom is -0.381 e. The van der Waals surface area contributed by atoms with E-state index in [4.69, 9.17) is 6.57 Å². The van der Waals surface area contributed by atoms with Crippen LogP contribution in [0, 0.1) is 6.57 Å². The number of alkyl halides is 3. The van der Waals surface area contributed by atoms with Crippen molar-refractivity contribution in [2.75, 3.05) is 0 Å². The Hall–Kier alpha value is -1.23. The highest BCUT2D eigenvalue weighted by molar-refractivity contribution is 7.87. The molecular weight excluding hydrogens is 247 g/mol. The van der Waals surface area contributed by atoms with Gasteiger partial charge in [0.05, 0.1) is 0 Å². The summed E-state index contributed by atoms with van der Waals surface area (Å²) in [6.45, 7) is 6.70. The minimum absolute atomic E-state index is 0.0301. The van der Waals surface area contributed by atoms with Crippen LogP contribution in [0.1, 0.15) is 19.3 Å². The van der Waals surface area contributed by atoms with Crippen LogP contribution in [0.2, 0.25) is 0 Å². The lowest BCUT2D eigenvalue weighted by Gasteiger charge is -2.15. The average molecular weight is 255 g/mol. The normalized spacial score (nSPS) is 22.1. The summed E-state index contributed by atoms with van der Waals surface area (Å²) in [5.74, 6) is -0.239. The van der Waals surface area contributed by atoms with E-state index in [0.717, 1.165) is 0 Å². The van der Waals surface area contributed by atoms with Crippen LogP contribution in [0.4, 0.5) is 13.2 Å². The van der Waals surface area contributed by atoms with Crippen molar-refractivity contribution in [3.05, 3.63) is 23.3 Å². The molecule has 0 N–H and O–H groups in total. The third kappa shape index (κ3) is 2.88. The molecule has 0 saturated heterocycles. The van der Waals surface area contributed by atoms with Crippen LogP contribution in [0.3, 0.4) is 0 Å². The minimum atomic E-state index is -5.57. The van der Waals surface area contributed by atoms with Gasteiger partial charge in [0, 0.05) is 19.3 Å². The van der Waals surface area contributed by atoms with Crippen LogP contribution in [0.15, 0.2) is 11.8 Å². The molecule has 1 rings (SSSR count). The van der Waals surface area contributed by atoms with E-state index in [-0.39, 0.29) is 24.6 Å². The highest BCUT2D eigenvalue weighted by Gasteiger charge is 2.49. The van der Waals surface area contributed by atoms with Crippen molar-refractivity contribution in [2.45, 2.75) is 30.8 Å². The van der Waals surface area contributed by atoms with E-state index in [9.17, 15) is 21.6 Å². The Morgan fingerprint density at radius 3 is 2.50 bits per heavy atom. The van der Waals surface area contributed by atoms with Crippen LogP contribution in [0.25, 0.3) is 4.85 Å². The van der Waals surface area contributed by atoms with Crippen molar-refractivity contribution in [3.8, 4) is 0 Å². The summed E-state index contributed by atoms with van der Waals surface area (Å²) < 4.78 is 61.0. The molecule has 90 valence electrons. The van der Waals surface area contributed by atoms with Gasteiger partial charge in [0.15, 0.2) is 0 Å². The molecule has 1 atom stereocenters. The first-order chi connectivity index (χ1) is 7.26. The van der Waals surface area contributed by atoms with E-state index < -0.39 is 15.6 Å². The quantitative estimate of drug-likeness (QED) is 0.432. The fourth-order valence-electron chi connectivity index (χ4n) is 1.18. The largest absolute Gasteiger partial charge is 0.534 e. The number of hydrogen-bond donors (Lipinski definition) is 0. The van der Waals surface area contributed by atoms with E-state index >= 15 is 0 Å². The molecule has 0 aliphatic heterocycles. The fraction of sp³-hybridized carbons (Fsp3) is 0.625. The number of allylic oxidation sites excluding steroid dienone is 1. The molecule has 8 heteroatoms. The van der Waals surface area contributed by atoms with Gasteiger partial charge in [-0.3, -0.25) is 0 Å². The zero-order valence-corrected chi connectivity index (χ0v) is 8.81. The maximum Gasteiger partial charge on any atom is 0.534 e. The lowest BCUT2D eigenvalue weighted by Crippen LogP contribution is -2.26. The van der Waals surface area contributed by atoms with Gasteiger partial charge >= 0.3 is 15.6 Å². The number of hydrogen-bond acceptors (Lipinski definition) is 3. The summed E-state index contributed by atoms with van der Waals surface area (Å²) in [5, 5.41) is 0. The third-order valence-corrected chi connectivity index (χ3v) is 3.02. The molecule has 0 spiro atoms. The van der Waals surface area contributed by atoms with Gasteiger partial charge in [-0.25, -0.2) is 6.57 Å².